The number of ether oxygens (including phenoxy) is 1. The molecule has 3 aromatic rings. The molecule has 1 saturated carbocycles. The second kappa shape index (κ2) is 7.55. The van der Waals surface area contributed by atoms with E-state index < -0.39 is 5.97 Å². The summed E-state index contributed by atoms with van der Waals surface area (Å²) < 4.78 is 10.4. The minimum Gasteiger partial charge on any atom is -0.462 e. The van der Waals surface area contributed by atoms with Crippen LogP contribution in [0.3, 0.4) is 0 Å². The molecule has 1 aliphatic carbocycles. The molecule has 0 spiro atoms. The van der Waals surface area contributed by atoms with Crippen LogP contribution in [0.25, 0.3) is 11.1 Å². The molecule has 152 valence electrons. The van der Waals surface area contributed by atoms with Crippen molar-refractivity contribution < 1.29 is 18.8 Å². The highest BCUT2D eigenvalue weighted by Gasteiger charge is 2.31. The number of anilines is 1. The van der Waals surface area contributed by atoms with Gasteiger partial charge in [-0.1, -0.05) is 16.5 Å². The average molecular weight is 414 g/mol. The van der Waals surface area contributed by atoms with Gasteiger partial charge in [-0.25, -0.2) is 14.8 Å². The number of pyridine rings is 1. The van der Waals surface area contributed by atoms with Gasteiger partial charge in [-0.15, -0.1) is 0 Å². The number of carbonyl (C=O) groups excluding carboxylic acids is 2. The van der Waals surface area contributed by atoms with Crippen molar-refractivity contribution in [2.75, 3.05) is 18.1 Å². The van der Waals surface area contributed by atoms with E-state index in [9.17, 15) is 9.59 Å². The van der Waals surface area contributed by atoms with E-state index in [-0.39, 0.29) is 12.5 Å². The van der Waals surface area contributed by atoms with Gasteiger partial charge in [0.1, 0.15) is 4.88 Å². The van der Waals surface area contributed by atoms with Crippen LogP contribution in [-0.2, 0) is 4.74 Å². The summed E-state index contributed by atoms with van der Waals surface area (Å²) in [6.07, 6.45) is 2.12. The summed E-state index contributed by atoms with van der Waals surface area (Å²) in [5.41, 5.74) is 2.92. The fraction of sp³-hybridized carbons (Fsp3) is 0.450. The van der Waals surface area contributed by atoms with E-state index in [1.54, 1.807) is 25.7 Å². The van der Waals surface area contributed by atoms with Crippen LogP contribution in [0.5, 0.6) is 0 Å². The van der Waals surface area contributed by atoms with Gasteiger partial charge in [-0.2, -0.15) is 0 Å². The summed E-state index contributed by atoms with van der Waals surface area (Å²) >= 11 is 1.16. The SMILES string of the molecule is CCOC(=O)c1sc(N(CC)C(=O)c2cc(C3CC3)nc3onc(C)c23)nc1C. The molecule has 1 aliphatic rings. The number of amides is 1. The lowest BCUT2D eigenvalue weighted by Crippen LogP contribution is -2.31. The zero-order chi connectivity index (χ0) is 20.7. The van der Waals surface area contributed by atoms with Crippen LogP contribution in [0, 0.1) is 13.8 Å². The smallest absolute Gasteiger partial charge is 0.350 e. The first-order valence-corrected chi connectivity index (χ1v) is 10.5. The second-order valence-corrected chi connectivity index (χ2v) is 7.98. The van der Waals surface area contributed by atoms with Crippen LogP contribution in [0.2, 0.25) is 0 Å². The minimum atomic E-state index is -0.422. The molecule has 0 radical (unpaired) electrons. The van der Waals surface area contributed by atoms with Crippen LogP contribution in [0.15, 0.2) is 10.6 Å². The molecule has 3 aromatic heterocycles. The van der Waals surface area contributed by atoms with Gasteiger partial charge < -0.3 is 9.26 Å². The highest BCUT2D eigenvalue weighted by atomic mass is 32.1. The van der Waals surface area contributed by atoms with E-state index in [4.69, 9.17) is 9.26 Å². The van der Waals surface area contributed by atoms with Gasteiger partial charge >= 0.3 is 5.97 Å². The van der Waals surface area contributed by atoms with Gasteiger partial charge in [0.2, 0.25) is 0 Å². The third kappa shape index (κ3) is 3.50. The molecule has 0 bridgehead atoms. The van der Waals surface area contributed by atoms with Crippen LogP contribution < -0.4 is 4.90 Å². The number of hydrogen-bond acceptors (Lipinski definition) is 8. The standard InChI is InChI=1S/C20H22N4O4S/c1-5-24(20-21-11(4)16(29-20)19(26)27-6-2)18(25)13-9-14(12-7-8-12)22-17-15(13)10(3)23-28-17/h9,12H,5-8H2,1-4H3. The largest absolute Gasteiger partial charge is 0.462 e. The lowest BCUT2D eigenvalue weighted by molar-refractivity contribution is 0.0531. The maximum atomic E-state index is 13.5. The highest BCUT2D eigenvalue weighted by Crippen LogP contribution is 2.41. The normalized spacial score (nSPS) is 13.7. The van der Waals surface area contributed by atoms with Crippen LogP contribution in [0.4, 0.5) is 5.13 Å². The van der Waals surface area contributed by atoms with Crippen molar-refractivity contribution in [2.24, 2.45) is 0 Å². The maximum Gasteiger partial charge on any atom is 0.350 e. The number of aromatic nitrogens is 3. The van der Waals surface area contributed by atoms with Crippen molar-refractivity contribution in [3.63, 3.8) is 0 Å². The van der Waals surface area contributed by atoms with Crippen molar-refractivity contribution in [3.8, 4) is 0 Å². The molecule has 0 unspecified atom stereocenters. The molecular weight excluding hydrogens is 392 g/mol. The van der Waals surface area contributed by atoms with E-state index in [2.05, 4.69) is 15.1 Å². The van der Waals surface area contributed by atoms with Crippen molar-refractivity contribution in [1.82, 2.24) is 15.1 Å². The molecule has 0 atom stereocenters. The van der Waals surface area contributed by atoms with Gasteiger partial charge in [0.15, 0.2) is 5.13 Å². The predicted octanol–water partition coefficient (Wildman–Crippen LogP) is 4.02. The number of aryl methyl sites for hydroxylation is 2. The van der Waals surface area contributed by atoms with Gasteiger partial charge in [-0.05, 0) is 46.6 Å². The summed E-state index contributed by atoms with van der Waals surface area (Å²) in [5, 5.41) is 5.08. The number of nitrogens with zero attached hydrogens (tertiary/aromatic N) is 4. The Labute approximate surface area is 171 Å². The van der Waals surface area contributed by atoms with Crippen molar-refractivity contribution in [1.29, 1.82) is 0 Å². The second-order valence-electron chi connectivity index (χ2n) is 7.00. The molecule has 4 rings (SSSR count). The van der Waals surface area contributed by atoms with E-state index in [0.717, 1.165) is 29.9 Å². The number of fused-ring (bicyclic) bond motifs is 1. The number of esters is 1. The molecule has 0 saturated heterocycles. The van der Waals surface area contributed by atoms with Crippen LogP contribution >= 0.6 is 11.3 Å². The number of rotatable bonds is 6. The summed E-state index contributed by atoms with van der Waals surface area (Å²) in [6, 6.07) is 1.85. The monoisotopic (exact) mass is 414 g/mol. The maximum absolute atomic E-state index is 13.5. The molecule has 8 nitrogen and oxygen atoms in total. The van der Waals surface area contributed by atoms with E-state index >= 15 is 0 Å². The Morgan fingerprint density at radius 1 is 1.24 bits per heavy atom. The summed E-state index contributed by atoms with van der Waals surface area (Å²) in [4.78, 5) is 36.7. The molecule has 3 heterocycles. The fourth-order valence-electron chi connectivity index (χ4n) is 3.27. The molecule has 0 aliphatic heterocycles. The molecule has 0 N–H and O–H groups in total. The number of hydrogen-bond donors (Lipinski definition) is 0. The molecule has 0 aromatic carbocycles. The van der Waals surface area contributed by atoms with Gasteiger partial charge in [0.05, 0.1) is 28.9 Å². The molecule has 9 heteroatoms. The summed E-state index contributed by atoms with van der Waals surface area (Å²) in [5.74, 6) is -0.268. The number of thiazole rings is 1. The third-order valence-corrected chi connectivity index (χ3v) is 6.06. The zero-order valence-electron chi connectivity index (χ0n) is 16.8. The van der Waals surface area contributed by atoms with Gasteiger partial charge in [0.25, 0.3) is 11.6 Å². The Bertz CT molecular complexity index is 1100. The quantitative estimate of drug-likeness (QED) is 0.562. The topological polar surface area (TPSA) is 98.4 Å². The van der Waals surface area contributed by atoms with Crippen molar-refractivity contribution in [2.45, 2.75) is 46.5 Å². The van der Waals surface area contributed by atoms with Gasteiger partial charge in [-0.3, -0.25) is 9.69 Å². The van der Waals surface area contributed by atoms with E-state index in [1.807, 2.05) is 13.0 Å². The first-order valence-electron chi connectivity index (χ1n) is 9.67. The fourth-order valence-corrected chi connectivity index (χ4v) is 4.29. The summed E-state index contributed by atoms with van der Waals surface area (Å²) in [6.45, 7) is 7.85. The van der Waals surface area contributed by atoms with E-state index in [0.29, 0.717) is 50.5 Å². The molecule has 29 heavy (non-hydrogen) atoms. The molecule has 1 fully saturated rings. The molecular formula is C20H22N4O4S. The Morgan fingerprint density at radius 3 is 2.66 bits per heavy atom. The van der Waals surface area contributed by atoms with Crippen molar-refractivity contribution >= 4 is 39.4 Å². The zero-order valence-corrected chi connectivity index (χ0v) is 17.6. The average Bonchev–Trinajstić information content (AvgIpc) is 3.39. The Hall–Kier alpha value is -2.81. The first-order chi connectivity index (χ1) is 13.9. The third-order valence-electron chi connectivity index (χ3n) is 4.90. The van der Waals surface area contributed by atoms with E-state index in [1.165, 1.54) is 0 Å². The Balaban J connectivity index is 1.76. The van der Waals surface area contributed by atoms with Gasteiger partial charge in [0, 0.05) is 18.2 Å². The van der Waals surface area contributed by atoms with Crippen LogP contribution in [0.1, 0.15) is 69.7 Å². The van der Waals surface area contributed by atoms with Crippen molar-refractivity contribution in [3.05, 3.63) is 33.6 Å². The van der Waals surface area contributed by atoms with Crippen LogP contribution in [-0.4, -0.2) is 40.2 Å². The highest BCUT2D eigenvalue weighted by molar-refractivity contribution is 7.17. The first kappa shape index (κ1) is 19.5. The Kier molecular flexibility index (Phi) is 5.08. The predicted molar refractivity (Wildman–Crippen MR) is 109 cm³/mol. The molecule has 1 amide bonds. The lowest BCUT2D eigenvalue weighted by Gasteiger charge is -2.18. The lowest BCUT2D eigenvalue weighted by atomic mass is 10.1. The minimum absolute atomic E-state index is 0.211. The Morgan fingerprint density at radius 2 is 2.00 bits per heavy atom. The number of carbonyl (C=O) groups is 2. The summed E-state index contributed by atoms with van der Waals surface area (Å²) in [7, 11) is 0.